The van der Waals surface area contributed by atoms with Crippen molar-refractivity contribution in [1.29, 1.82) is 0 Å². The van der Waals surface area contributed by atoms with E-state index in [2.05, 4.69) is 10.2 Å². The van der Waals surface area contributed by atoms with Crippen molar-refractivity contribution in [1.82, 2.24) is 10.2 Å². The fourth-order valence-electron chi connectivity index (χ4n) is 1.84. The Morgan fingerprint density at radius 2 is 2.18 bits per heavy atom. The van der Waals surface area contributed by atoms with Gasteiger partial charge in [-0.25, -0.2) is 0 Å². The number of nitrogens with one attached hydrogen (secondary N) is 1. The standard InChI is InChI=1S/C12H24N2O2S/c1-3-16-12(15)10-11(2)13-4-5-14-6-8-17-9-7-14/h11,13H,3-10H2,1-2H3. The molecule has 100 valence electrons. The normalized spacial score (nSPS) is 18.9. The van der Waals surface area contributed by atoms with Gasteiger partial charge >= 0.3 is 5.97 Å². The van der Waals surface area contributed by atoms with Crippen LogP contribution in [0.25, 0.3) is 0 Å². The highest BCUT2D eigenvalue weighted by Gasteiger charge is 2.12. The van der Waals surface area contributed by atoms with Crippen LogP contribution in [0.4, 0.5) is 0 Å². The molecule has 0 aliphatic carbocycles. The molecule has 0 bridgehead atoms. The van der Waals surface area contributed by atoms with E-state index < -0.39 is 0 Å². The van der Waals surface area contributed by atoms with Crippen molar-refractivity contribution in [3.05, 3.63) is 0 Å². The van der Waals surface area contributed by atoms with E-state index in [0.29, 0.717) is 13.0 Å². The molecule has 0 aromatic heterocycles. The van der Waals surface area contributed by atoms with Crippen LogP contribution in [0.15, 0.2) is 0 Å². The largest absolute Gasteiger partial charge is 0.466 e. The van der Waals surface area contributed by atoms with Crippen LogP contribution in [-0.2, 0) is 9.53 Å². The Morgan fingerprint density at radius 3 is 2.82 bits per heavy atom. The van der Waals surface area contributed by atoms with Crippen molar-refractivity contribution < 1.29 is 9.53 Å². The number of ether oxygens (including phenoxy) is 1. The highest BCUT2D eigenvalue weighted by Crippen LogP contribution is 2.08. The molecule has 1 atom stereocenters. The predicted molar refractivity (Wildman–Crippen MR) is 72.5 cm³/mol. The molecule has 1 saturated heterocycles. The summed E-state index contributed by atoms with van der Waals surface area (Å²) < 4.78 is 4.92. The Kier molecular flexibility index (Phi) is 7.64. The molecule has 0 amide bonds. The first-order valence-electron chi connectivity index (χ1n) is 6.41. The van der Waals surface area contributed by atoms with Gasteiger partial charge in [-0.1, -0.05) is 0 Å². The second kappa shape index (κ2) is 8.78. The van der Waals surface area contributed by atoms with Gasteiger partial charge in [-0.15, -0.1) is 0 Å². The van der Waals surface area contributed by atoms with Gasteiger partial charge in [-0.2, -0.15) is 11.8 Å². The van der Waals surface area contributed by atoms with Crippen LogP contribution in [-0.4, -0.2) is 61.2 Å². The maximum Gasteiger partial charge on any atom is 0.307 e. The lowest BCUT2D eigenvalue weighted by Gasteiger charge is -2.26. The van der Waals surface area contributed by atoms with E-state index >= 15 is 0 Å². The van der Waals surface area contributed by atoms with E-state index in [1.807, 2.05) is 25.6 Å². The molecule has 1 unspecified atom stereocenters. The van der Waals surface area contributed by atoms with Gasteiger partial charge in [0, 0.05) is 43.7 Å². The van der Waals surface area contributed by atoms with Crippen LogP contribution in [0, 0.1) is 0 Å². The summed E-state index contributed by atoms with van der Waals surface area (Å²) in [6.07, 6.45) is 0.462. The predicted octanol–water partition coefficient (Wildman–Crippen LogP) is 0.967. The molecule has 4 nitrogen and oxygen atoms in total. The number of nitrogens with zero attached hydrogens (tertiary/aromatic N) is 1. The lowest BCUT2D eigenvalue weighted by molar-refractivity contribution is -0.143. The maximum absolute atomic E-state index is 11.2. The number of rotatable bonds is 7. The zero-order valence-corrected chi connectivity index (χ0v) is 11.7. The molecule has 1 aliphatic rings. The lowest BCUT2D eigenvalue weighted by atomic mass is 10.2. The van der Waals surface area contributed by atoms with Crippen molar-refractivity contribution in [3.63, 3.8) is 0 Å². The van der Waals surface area contributed by atoms with Crippen molar-refractivity contribution in [2.24, 2.45) is 0 Å². The van der Waals surface area contributed by atoms with E-state index in [1.54, 1.807) is 0 Å². The Hall–Kier alpha value is -0.260. The molecule has 17 heavy (non-hydrogen) atoms. The molecule has 1 aliphatic heterocycles. The Labute approximate surface area is 108 Å². The fourth-order valence-corrected chi connectivity index (χ4v) is 2.81. The summed E-state index contributed by atoms with van der Waals surface area (Å²) in [5, 5.41) is 3.37. The van der Waals surface area contributed by atoms with E-state index in [9.17, 15) is 4.79 Å². The highest BCUT2D eigenvalue weighted by atomic mass is 32.2. The fraction of sp³-hybridized carbons (Fsp3) is 0.917. The van der Waals surface area contributed by atoms with Gasteiger partial charge in [0.2, 0.25) is 0 Å². The number of hydrogen-bond acceptors (Lipinski definition) is 5. The van der Waals surface area contributed by atoms with Crippen molar-refractivity contribution >= 4 is 17.7 Å². The number of hydrogen-bond donors (Lipinski definition) is 1. The minimum absolute atomic E-state index is 0.109. The summed E-state index contributed by atoms with van der Waals surface area (Å²) in [5.74, 6) is 2.39. The first-order chi connectivity index (χ1) is 8.22. The average molecular weight is 260 g/mol. The summed E-state index contributed by atoms with van der Waals surface area (Å²) in [6, 6.07) is 0.202. The zero-order valence-electron chi connectivity index (χ0n) is 10.9. The van der Waals surface area contributed by atoms with Gasteiger partial charge < -0.3 is 15.0 Å². The minimum atomic E-state index is -0.109. The highest BCUT2D eigenvalue weighted by molar-refractivity contribution is 7.99. The monoisotopic (exact) mass is 260 g/mol. The van der Waals surface area contributed by atoms with Crippen molar-refractivity contribution in [2.45, 2.75) is 26.3 Å². The molecule has 0 spiro atoms. The Bertz CT molecular complexity index is 221. The third-order valence-electron chi connectivity index (χ3n) is 2.80. The van der Waals surface area contributed by atoms with Crippen LogP contribution >= 0.6 is 11.8 Å². The number of esters is 1. The van der Waals surface area contributed by atoms with Gasteiger partial charge in [-0.3, -0.25) is 4.79 Å². The van der Waals surface area contributed by atoms with Gasteiger partial charge in [0.1, 0.15) is 0 Å². The van der Waals surface area contributed by atoms with Crippen LogP contribution in [0.2, 0.25) is 0 Å². The smallest absolute Gasteiger partial charge is 0.307 e. The van der Waals surface area contributed by atoms with Crippen LogP contribution in [0.5, 0.6) is 0 Å². The summed E-state index contributed by atoms with van der Waals surface area (Å²) in [7, 11) is 0. The third-order valence-corrected chi connectivity index (χ3v) is 3.75. The molecule has 0 radical (unpaired) electrons. The van der Waals surface area contributed by atoms with Gasteiger partial charge in [0.05, 0.1) is 13.0 Å². The first kappa shape index (κ1) is 14.8. The van der Waals surface area contributed by atoms with Crippen molar-refractivity contribution in [3.8, 4) is 0 Å². The first-order valence-corrected chi connectivity index (χ1v) is 7.57. The number of carbonyl (C=O) groups is 1. The summed E-state index contributed by atoms with van der Waals surface area (Å²) in [6.45, 7) is 8.75. The van der Waals surface area contributed by atoms with Crippen LogP contribution in [0.3, 0.4) is 0 Å². The molecule has 5 heteroatoms. The van der Waals surface area contributed by atoms with Crippen molar-refractivity contribution in [2.75, 3.05) is 44.3 Å². The second-order valence-electron chi connectivity index (χ2n) is 4.32. The van der Waals surface area contributed by atoms with Crippen LogP contribution in [0.1, 0.15) is 20.3 Å². The average Bonchev–Trinajstić information content (AvgIpc) is 2.30. The Morgan fingerprint density at radius 1 is 1.47 bits per heavy atom. The van der Waals surface area contributed by atoms with Gasteiger partial charge in [0.15, 0.2) is 0 Å². The molecule has 1 fully saturated rings. The molecule has 0 saturated carbocycles. The summed E-state index contributed by atoms with van der Waals surface area (Å²) >= 11 is 2.03. The van der Waals surface area contributed by atoms with E-state index in [-0.39, 0.29) is 12.0 Å². The molecule has 0 aromatic carbocycles. The molecule has 0 aromatic rings. The molecule has 1 N–H and O–H groups in total. The van der Waals surface area contributed by atoms with E-state index in [4.69, 9.17) is 4.74 Å². The van der Waals surface area contributed by atoms with Crippen LogP contribution < -0.4 is 5.32 Å². The maximum atomic E-state index is 11.2. The van der Waals surface area contributed by atoms with E-state index in [0.717, 1.165) is 13.1 Å². The lowest BCUT2D eigenvalue weighted by Crippen LogP contribution is -2.40. The zero-order chi connectivity index (χ0) is 12.5. The minimum Gasteiger partial charge on any atom is -0.466 e. The number of carbonyl (C=O) groups excluding carboxylic acids is 1. The quantitative estimate of drug-likeness (QED) is 0.691. The third kappa shape index (κ3) is 6.91. The molecule has 1 rings (SSSR count). The number of thioether (sulfide) groups is 1. The van der Waals surface area contributed by atoms with Gasteiger partial charge in [-0.05, 0) is 13.8 Å². The SMILES string of the molecule is CCOC(=O)CC(C)NCCN1CCSCC1. The topological polar surface area (TPSA) is 41.6 Å². The second-order valence-corrected chi connectivity index (χ2v) is 5.54. The van der Waals surface area contributed by atoms with E-state index in [1.165, 1.54) is 24.6 Å². The van der Waals surface area contributed by atoms with Gasteiger partial charge in [0.25, 0.3) is 0 Å². The molecular weight excluding hydrogens is 236 g/mol. The Balaban J connectivity index is 2.02. The summed E-state index contributed by atoms with van der Waals surface area (Å²) in [4.78, 5) is 13.7. The molecule has 1 heterocycles. The molecular formula is C12H24N2O2S. The summed E-state index contributed by atoms with van der Waals surface area (Å²) in [5.41, 5.74) is 0.